The predicted molar refractivity (Wildman–Crippen MR) is 72.1 cm³/mol. The van der Waals surface area contributed by atoms with Crippen molar-refractivity contribution in [2.45, 2.75) is 12.3 Å². The van der Waals surface area contributed by atoms with Crippen molar-refractivity contribution < 1.29 is 4.79 Å². The Balaban J connectivity index is 1.96. The molecule has 1 atom stereocenters. The molecule has 0 aliphatic heterocycles. The van der Waals surface area contributed by atoms with E-state index in [1.54, 1.807) is 6.08 Å². The number of allylic oxidation sites excluding steroid dienone is 1. The molecule has 18 heavy (non-hydrogen) atoms. The van der Waals surface area contributed by atoms with E-state index in [4.69, 9.17) is 5.73 Å². The molecule has 0 radical (unpaired) electrons. The maximum atomic E-state index is 12.0. The van der Waals surface area contributed by atoms with Crippen LogP contribution >= 0.6 is 0 Å². The highest BCUT2D eigenvalue weighted by molar-refractivity contribution is 6.02. The fraction of sp³-hybridized carbons (Fsp3) is 0.133. The topological polar surface area (TPSA) is 58.9 Å². The molecule has 3 rings (SSSR count). The van der Waals surface area contributed by atoms with Crippen LogP contribution in [0, 0.1) is 0 Å². The molecule has 1 aromatic carbocycles. The first kappa shape index (κ1) is 10.8. The number of benzene rings is 1. The van der Waals surface area contributed by atoms with Crippen LogP contribution in [0.4, 0.5) is 5.82 Å². The lowest BCUT2D eigenvalue weighted by Crippen LogP contribution is -2.17. The first-order valence-corrected chi connectivity index (χ1v) is 5.98. The largest absolute Gasteiger partial charge is 0.385 e. The van der Waals surface area contributed by atoms with Crippen LogP contribution in [-0.4, -0.2) is 10.8 Å². The molecule has 1 heterocycles. The molecule has 3 N–H and O–H groups in total. The lowest BCUT2D eigenvalue weighted by molar-refractivity contribution is -0.116. The van der Waals surface area contributed by atoms with Crippen molar-refractivity contribution in [2.75, 3.05) is 5.73 Å². The van der Waals surface area contributed by atoms with Crippen LogP contribution in [0.3, 0.4) is 0 Å². The Morgan fingerprint density at radius 3 is 2.72 bits per heavy atom. The number of ketones is 1. The summed E-state index contributed by atoms with van der Waals surface area (Å²) in [5, 5.41) is 0. The number of rotatable bonds is 2. The van der Waals surface area contributed by atoms with Crippen LogP contribution in [0.15, 0.2) is 42.5 Å². The van der Waals surface area contributed by atoms with Gasteiger partial charge in [-0.05, 0) is 35.8 Å². The van der Waals surface area contributed by atoms with E-state index in [1.165, 1.54) is 0 Å². The zero-order valence-corrected chi connectivity index (χ0v) is 9.89. The van der Waals surface area contributed by atoms with Crippen molar-refractivity contribution in [3.63, 3.8) is 0 Å². The number of nitrogen functional groups attached to an aromatic ring is 1. The number of nitrogens with one attached hydrogen (secondary N) is 1. The van der Waals surface area contributed by atoms with Gasteiger partial charge in [0.05, 0.1) is 5.92 Å². The summed E-state index contributed by atoms with van der Waals surface area (Å²) in [5.41, 5.74) is 8.87. The van der Waals surface area contributed by atoms with Gasteiger partial charge >= 0.3 is 0 Å². The van der Waals surface area contributed by atoms with Crippen molar-refractivity contribution in [3.8, 4) is 0 Å². The second kappa shape index (κ2) is 4.18. The summed E-state index contributed by atoms with van der Waals surface area (Å²) in [4.78, 5) is 15.1. The summed E-state index contributed by atoms with van der Waals surface area (Å²) in [6, 6.07) is 11.9. The van der Waals surface area contributed by atoms with E-state index >= 15 is 0 Å². The summed E-state index contributed by atoms with van der Waals surface area (Å²) in [5.74, 6) is 0.593. The molecule has 1 aliphatic carbocycles. The predicted octanol–water partition coefficient (Wildman–Crippen LogP) is 2.52. The number of aromatic nitrogens is 1. The van der Waals surface area contributed by atoms with Gasteiger partial charge in [0, 0.05) is 5.69 Å². The summed E-state index contributed by atoms with van der Waals surface area (Å²) >= 11 is 0. The molecule has 3 heteroatoms. The quantitative estimate of drug-likeness (QED) is 0.844. The summed E-state index contributed by atoms with van der Waals surface area (Å²) in [7, 11) is 0. The van der Waals surface area contributed by atoms with E-state index < -0.39 is 0 Å². The third-order valence-corrected chi connectivity index (χ3v) is 3.30. The van der Waals surface area contributed by atoms with Crippen LogP contribution in [0.5, 0.6) is 0 Å². The van der Waals surface area contributed by atoms with Gasteiger partial charge in [-0.15, -0.1) is 0 Å². The molecule has 90 valence electrons. The summed E-state index contributed by atoms with van der Waals surface area (Å²) < 4.78 is 0. The fourth-order valence-corrected chi connectivity index (χ4v) is 2.42. The Labute approximate surface area is 105 Å². The minimum Gasteiger partial charge on any atom is -0.385 e. The smallest absolute Gasteiger partial charge is 0.165 e. The minimum atomic E-state index is -0.148. The number of aromatic amines is 1. The molecular formula is C15H14N2O. The highest BCUT2D eigenvalue weighted by atomic mass is 16.1. The van der Waals surface area contributed by atoms with Gasteiger partial charge < -0.3 is 10.7 Å². The average molecular weight is 238 g/mol. The van der Waals surface area contributed by atoms with Crippen molar-refractivity contribution in [2.24, 2.45) is 0 Å². The molecular weight excluding hydrogens is 224 g/mol. The minimum absolute atomic E-state index is 0.133. The third-order valence-electron chi connectivity index (χ3n) is 3.30. The van der Waals surface area contributed by atoms with Gasteiger partial charge in [0.2, 0.25) is 0 Å². The van der Waals surface area contributed by atoms with E-state index in [9.17, 15) is 4.79 Å². The fourth-order valence-electron chi connectivity index (χ4n) is 2.42. The van der Waals surface area contributed by atoms with Gasteiger partial charge in [0.1, 0.15) is 5.82 Å². The Kier molecular flexibility index (Phi) is 2.52. The van der Waals surface area contributed by atoms with Gasteiger partial charge in [-0.25, -0.2) is 0 Å². The molecule has 0 bridgehead atoms. The summed E-state index contributed by atoms with van der Waals surface area (Å²) in [6.45, 7) is 0. The van der Waals surface area contributed by atoms with Gasteiger partial charge in [-0.1, -0.05) is 30.3 Å². The first-order chi connectivity index (χ1) is 8.74. The zero-order chi connectivity index (χ0) is 12.5. The van der Waals surface area contributed by atoms with Crippen LogP contribution in [-0.2, 0) is 11.2 Å². The third kappa shape index (κ3) is 1.84. The Morgan fingerprint density at radius 1 is 1.17 bits per heavy atom. The van der Waals surface area contributed by atoms with Crippen molar-refractivity contribution >= 4 is 17.7 Å². The number of hydrogen-bond acceptors (Lipinski definition) is 2. The van der Waals surface area contributed by atoms with Crippen LogP contribution in [0.2, 0.25) is 0 Å². The molecule has 0 saturated carbocycles. The molecule has 3 nitrogen and oxygen atoms in total. The maximum Gasteiger partial charge on any atom is 0.165 e. The van der Waals surface area contributed by atoms with E-state index in [2.05, 4.69) is 4.98 Å². The number of fused-ring (bicyclic) bond motifs is 1. The van der Waals surface area contributed by atoms with Crippen molar-refractivity contribution in [3.05, 3.63) is 59.3 Å². The second-order valence-electron chi connectivity index (χ2n) is 4.57. The lowest BCUT2D eigenvalue weighted by Gasteiger charge is -2.17. The number of carbonyl (C=O) groups is 1. The van der Waals surface area contributed by atoms with E-state index in [0.717, 1.165) is 16.8 Å². The van der Waals surface area contributed by atoms with Crippen LogP contribution in [0.1, 0.15) is 22.7 Å². The van der Waals surface area contributed by atoms with Gasteiger partial charge in [0.25, 0.3) is 0 Å². The zero-order valence-electron chi connectivity index (χ0n) is 9.89. The average Bonchev–Trinajstić information content (AvgIpc) is 2.75. The number of hydrogen-bond donors (Lipinski definition) is 2. The summed E-state index contributed by atoms with van der Waals surface area (Å²) in [6.07, 6.45) is 4.17. The van der Waals surface area contributed by atoms with E-state index in [-0.39, 0.29) is 11.7 Å². The standard InChI is InChI=1S/C15H14N2O/c16-14-9-11-6-7-13(18)12(15(11)17-14)8-10-4-2-1-3-5-10/h1-7,9,12,17H,8,16H2. The lowest BCUT2D eigenvalue weighted by atomic mass is 9.87. The SMILES string of the molecule is Nc1cc2c([nH]1)C(Cc1ccccc1)C(=O)C=C2. The van der Waals surface area contributed by atoms with Crippen molar-refractivity contribution in [1.29, 1.82) is 0 Å². The second-order valence-corrected chi connectivity index (χ2v) is 4.57. The molecule has 0 saturated heterocycles. The highest BCUT2D eigenvalue weighted by Gasteiger charge is 2.26. The highest BCUT2D eigenvalue weighted by Crippen LogP contribution is 2.31. The molecule has 0 amide bonds. The molecule has 1 aliphatic rings. The molecule has 0 fully saturated rings. The number of carbonyl (C=O) groups excluding carboxylic acids is 1. The van der Waals surface area contributed by atoms with Crippen LogP contribution < -0.4 is 5.73 Å². The molecule has 1 unspecified atom stereocenters. The van der Waals surface area contributed by atoms with Crippen LogP contribution in [0.25, 0.3) is 6.08 Å². The number of H-pyrrole nitrogens is 1. The monoisotopic (exact) mass is 238 g/mol. The normalized spacial score (nSPS) is 17.8. The molecule has 1 aromatic heterocycles. The molecule has 2 aromatic rings. The van der Waals surface area contributed by atoms with Crippen molar-refractivity contribution in [1.82, 2.24) is 4.98 Å². The van der Waals surface area contributed by atoms with Gasteiger partial charge in [0.15, 0.2) is 5.78 Å². The van der Waals surface area contributed by atoms with E-state index in [0.29, 0.717) is 12.2 Å². The molecule has 0 spiro atoms. The Hall–Kier alpha value is -2.29. The Morgan fingerprint density at radius 2 is 1.94 bits per heavy atom. The van der Waals surface area contributed by atoms with Gasteiger partial charge in [-0.2, -0.15) is 0 Å². The maximum absolute atomic E-state index is 12.0. The number of anilines is 1. The Bertz CT molecular complexity index is 611. The van der Waals surface area contributed by atoms with E-state index in [1.807, 2.05) is 42.5 Å². The first-order valence-electron chi connectivity index (χ1n) is 5.98. The van der Waals surface area contributed by atoms with Gasteiger partial charge in [-0.3, -0.25) is 4.79 Å². The number of nitrogens with two attached hydrogens (primary N) is 1.